The van der Waals surface area contributed by atoms with Crippen LogP contribution in [0.25, 0.3) is 0 Å². The highest BCUT2D eigenvalue weighted by atomic mass is 16.8. The minimum atomic E-state index is -0.799. The SMILES string of the molecule is [2H]C1COC(=O)O1. The molecule has 1 rings (SSSR count). The van der Waals surface area contributed by atoms with Crippen molar-refractivity contribution in [3.05, 3.63) is 0 Å². The van der Waals surface area contributed by atoms with Crippen molar-refractivity contribution in [3.8, 4) is 0 Å². The molecule has 0 aromatic heterocycles. The van der Waals surface area contributed by atoms with Crippen molar-refractivity contribution in [3.63, 3.8) is 0 Å². The minimum absolute atomic E-state index is 0.0683. The predicted octanol–water partition coefficient (Wildman–Crippen LogP) is 0.153. The Labute approximate surface area is 36.3 Å². The van der Waals surface area contributed by atoms with E-state index >= 15 is 0 Å². The van der Waals surface area contributed by atoms with Gasteiger partial charge < -0.3 is 9.47 Å². The van der Waals surface area contributed by atoms with Gasteiger partial charge in [0.05, 0.1) is 1.37 Å². The lowest BCUT2D eigenvalue weighted by Crippen LogP contribution is -1.88. The number of ether oxygens (including phenoxy) is 2. The smallest absolute Gasteiger partial charge is 0.431 e. The number of rotatable bonds is 0. The molecule has 0 spiro atoms. The van der Waals surface area contributed by atoms with Crippen molar-refractivity contribution in [1.82, 2.24) is 0 Å². The third kappa shape index (κ3) is 0.429. The first-order valence-electron chi connectivity index (χ1n) is 2.12. The van der Waals surface area contributed by atoms with Crippen LogP contribution in [-0.2, 0) is 9.47 Å². The van der Waals surface area contributed by atoms with Gasteiger partial charge in [0.1, 0.15) is 13.2 Å². The largest absolute Gasteiger partial charge is 0.508 e. The Balaban J connectivity index is 2.40. The molecule has 6 heavy (non-hydrogen) atoms. The Morgan fingerprint density at radius 3 is 2.83 bits per heavy atom. The lowest BCUT2D eigenvalue weighted by atomic mass is 10.8. The van der Waals surface area contributed by atoms with Crippen LogP contribution in [0.2, 0.25) is 0 Å². The second-order valence-electron chi connectivity index (χ2n) is 0.846. The zero-order valence-electron chi connectivity index (χ0n) is 4.01. The molecule has 0 amide bonds. The van der Waals surface area contributed by atoms with Crippen LogP contribution in [0.3, 0.4) is 0 Å². The average Bonchev–Trinajstić information content (AvgIpc) is 1.87. The number of cyclic esters (lactones) is 2. The van der Waals surface area contributed by atoms with Gasteiger partial charge in [0.25, 0.3) is 0 Å². The van der Waals surface area contributed by atoms with E-state index < -0.39 is 12.7 Å². The quantitative estimate of drug-likeness (QED) is 0.396. The normalized spacial score (nSPS) is 34.3. The summed E-state index contributed by atoms with van der Waals surface area (Å²) in [4.78, 5) is 9.89. The molecule has 1 atom stereocenters. The first-order chi connectivity index (χ1) is 3.29. The van der Waals surface area contributed by atoms with E-state index in [1.165, 1.54) is 0 Å². The molecule has 0 aliphatic carbocycles. The van der Waals surface area contributed by atoms with Crippen LogP contribution in [0.1, 0.15) is 1.37 Å². The van der Waals surface area contributed by atoms with E-state index in [9.17, 15) is 4.79 Å². The van der Waals surface area contributed by atoms with Gasteiger partial charge in [0.15, 0.2) is 0 Å². The Hall–Kier alpha value is -0.730. The predicted molar refractivity (Wildman–Crippen MR) is 17.3 cm³/mol. The number of hydrogen-bond donors (Lipinski definition) is 0. The van der Waals surface area contributed by atoms with E-state index in [4.69, 9.17) is 1.37 Å². The first kappa shape index (κ1) is 2.44. The first-order valence-corrected chi connectivity index (χ1v) is 1.54. The molecule has 0 bridgehead atoms. The highest BCUT2D eigenvalue weighted by molar-refractivity contribution is 5.61. The minimum Gasteiger partial charge on any atom is -0.431 e. The summed E-state index contributed by atoms with van der Waals surface area (Å²) >= 11 is 0. The number of carbonyl (C=O) groups is 1. The molecule has 0 radical (unpaired) electrons. The molecule has 0 N–H and O–H groups in total. The lowest BCUT2D eigenvalue weighted by molar-refractivity contribution is 0.131. The van der Waals surface area contributed by atoms with Crippen LogP contribution < -0.4 is 0 Å². The van der Waals surface area contributed by atoms with Gasteiger partial charge >= 0.3 is 6.16 Å². The lowest BCUT2D eigenvalue weighted by Gasteiger charge is -1.78. The van der Waals surface area contributed by atoms with Crippen LogP contribution in [0, 0.1) is 0 Å². The molecule has 1 aliphatic rings. The second-order valence-corrected chi connectivity index (χ2v) is 0.846. The van der Waals surface area contributed by atoms with Gasteiger partial charge in [-0.2, -0.15) is 0 Å². The fourth-order valence-corrected chi connectivity index (χ4v) is 0.238. The molecule has 1 heterocycles. The van der Waals surface area contributed by atoms with Crippen LogP contribution in [0.5, 0.6) is 0 Å². The monoisotopic (exact) mass is 89.0 g/mol. The van der Waals surface area contributed by atoms with Crippen LogP contribution in [-0.4, -0.2) is 19.3 Å². The second kappa shape index (κ2) is 1.16. The summed E-state index contributed by atoms with van der Waals surface area (Å²) in [7, 11) is 0. The van der Waals surface area contributed by atoms with Gasteiger partial charge in [-0.05, 0) is 0 Å². The van der Waals surface area contributed by atoms with Crippen molar-refractivity contribution < 1.29 is 15.6 Å². The highest BCUT2D eigenvalue weighted by Gasteiger charge is 2.09. The van der Waals surface area contributed by atoms with Crippen LogP contribution in [0.15, 0.2) is 0 Å². The molecule has 1 fully saturated rings. The van der Waals surface area contributed by atoms with Gasteiger partial charge in [-0.1, -0.05) is 0 Å². The van der Waals surface area contributed by atoms with Crippen molar-refractivity contribution in [2.75, 3.05) is 13.2 Å². The molecule has 0 saturated carbocycles. The Morgan fingerprint density at radius 2 is 2.67 bits per heavy atom. The average molecular weight is 89.1 g/mol. The zero-order chi connectivity index (χ0) is 5.28. The molecule has 34 valence electrons. The third-order valence-corrected chi connectivity index (χ3v) is 0.449. The van der Waals surface area contributed by atoms with Crippen molar-refractivity contribution in [1.29, 1.82) is 0 Å². The summed E-state index contributed by atoms with van der Waals surface area (Å²) in [5.41, 5.74) is 0. The summed E-state index contributed by atoms with van der Waals surface area (Å²) in [5.74, 6) is 0. The van der Waals surface area contributed by atoms with Crippen molar-refractivity contribution in [2.24, 2.45) is 0 Å². The molecule has 1 aliphatic heterocycles. The topological polar surface area (TPSA) is 35.5 Å². The summed E-state index contributed by atoms with van der Waals surface area (Å²) in [6, 6.07) is 0. The van der Waals surface area contributed by atoms with Crippen molar-refractivity contribution >= 4 is 6.16 Å². The standard InChI is InChI=1S/C3H4O3/c4-3-5-1-2-6-3/h1-2H2/i1D. The van der Waals surface area contributed by atoms with Gasteiger partial charge in [0.2, 0.25) is 0 Å². The van der Waals surface area contributed by atoms with Gasteiger partial charge in [0, 0.05) is 0 Å². The molecular formula is C3H4O3. The van der Waals surface area contributed by atoms with Gasteiger partial charge in [-0.15, -0.1) is 0 Å². The van der Waals surface area contributed by atoms with E-state index in [-0.39, 0.29) is 6.61 Å². The number of hydrogen-bond acceptors (Lipinski definition) is 3. The van der Waals surface area contributed by atoms with Gasteiger partial charge in [-0.25, -0.2) is 4.79 Å². The molecule has 1 saturated heterocycles. The third-order valence-electron chi connectivity index (χ3n) is 0.449. The maximum absolute atomic E-state index is 9.89. The highest BCUT2D eigenvalue weighted by Crippen LogP contribution is 1.92. The molecular weight excluding hydrogens is 84.0 g/mol. The summed E-state index contributed by atoms with van der Waals surface area (Å²) in [6.45, 7) is -0.730. The zero-order valence-corrected chi connectivity index (χ0v) is 3.01. The number of carbonyl (C=O) groups excluding carboxylic acids is 1. The van der Waals surface area contributed by atoms with Crippen LogP contribution in [0.4, 0.5) is 4.79 Å². The summed E-state index contributed by atoms with van der Waals surface area (Å²) < 4.78 is 15.1. The van der Waals surface area contributed by atoms with Crippen molar-refractivity contribution in [2.45, 2.75) is 0 Å². The molecule has 3 nitrogen and oxygen atoms in total. The van der Waals surface area contributed by atoms with Gasteiger partial charge in [-0.3, -0.25) is 0 Å². The Bertz CT molecular complexity index is 92.2. The van der Waals surface area contributed by atoms with E-state index in [0.717, 1.165) is 0 Å². The maximum atomic E-state index is 9.89. The maximum Gasteiger partial charge on any atom is 0.508 e. The van der Waals surface area contributed by atoms with Crippen LogP contribution >= 0.6 is 0 Å². The van der Waals surface area contributed by atoms with E-state index in [1.54, 1.807) is 0 Å². The Kier molecular flexibility index (Phi) is 0.473. The Morgan fingerprint density at radius 1 is 1.83 bits per heavy atom. The van der Waals surface area contributed by atoms with E-state index in [2.05, 4.69) is 9.47 Å². The summed E-state index contributed by atoms with van der Waals surface area (Å²) in [6.07, 6.45) is -0.736. The van der Waals surface area contributed by atoms with E-state index in [1.807, 2.05) is 0 Å². The van der Waals surface area contributed by atoms with E-state index in [0.29, 0.717) is 0 Å². The molecule has 0 aromatic carbocycles. The molecule has 1 unspecified atom stereocenters. The fourth-order valence-electron chi connectivity index (χ4n) is 0.238. The molecule has 3 heteroatoms. The fraction of sp³-hybridized carbons (Fsp3) is 0.667. The molecule has 0 aromatic rings. The summed E-state index contributed by atoms with van der Waals surface area (Å²) in [5, 5.41) is 0.